The van der Waals surface area contributed by atoms with Crippen LogP contribution in [-0.4, -0.2) is 9.55 Å². The Morgan fingerprint density at radius 1 is 0.415 bits per heavy atom. The van der Waals surface area contributed by atoms with E-state index >= 15 is 0 Å². The highest BCUT2D eigenvalue weighted by Crippen LogP contribution is 2.48. The molecule has 53 heavy (non-hydrogen) atoms. The molecule has 0 atom stereocenters. The molecule has 9 aromatic carbocycles. The fourth-order valence-corrected chi connectivity index (χ4v) is 8.77. The summed E-state index contributed by atoms with van der Waals surface area (Å²) in [6, 6.07) is 63.2. The van der Waals surface area contributed by atoms with Crippen molar-refractivity contribution in [2.24, 2.45) is 0 Å². The maximum atomic E-state index is 9.99. The number of pyridine rings is 1. The zero-order valence-corrected chi connectivity index (χ0v) is 28.6. The highest BCUT2D eigenvalue weighted by Gasteiger charge is 2.22. The van der Waals surface area contributed by atoms with Crippen molar-refractivity contribution in [3.05, 3.63) is 182 Å². The van der Waals surface area contributed by atoms with Crippen molar-refractivity contribution in [2.75, 3.05) is 0 Å². The number of hydrogen-bond donors (Lipinski definition) is 0. The van der Waals surface area contributed by atoms with Crippen LogP contribution in [0.5, 0.6) is 0 Å². The van der Waals surface area contributed by atoms with E-state index in [9.17, 15) is 5.26 Å². The lowest BCUT2D eigenvalue weighted by Crippen LogP contribution is -1.96. The van der Waals surface area contributed by atoms with Crippen LogP contribution in [0.25, 0.3) is 104 Å². The fourth-order valence-electron chi connectivity index (χ4n) is 8.77. The predicted octanol–water partition coefficient (Wildman–Crippen LogP) is 13.2. The van der Waals surface area contributed by atoms with Crippen molar-refractivity contribution >= 4 is 75.8 Å². The quantitative estimate of drug-likeness (QED) is 0.175. The first-order chi connectivity index (χ1) is 26.3. The molecule has 3 nitrogen and oxygen atoms in total. The minimum atomic E-state index is 0.639. The molecule has 0 spiro atoms. The Balaban J connectivity index is 1.26. The summed E-state index contributed by atoms with van der Waals surface area (Å²) >= 11 is 0. The lowest BCUT2D eigenvalue weighted by Gasteiger charge is -2.20. The van der Waals surface area contributed by atoms with E-state index in [2.05, 4.69) is 162 Å². The molecular formula is C50H29N3. The van der Waals surface area contributed by atoms with Crippen molar-refractivity contribution in [3.63, 3.8) is 0 Å². The van der Waals surface area contributed by atoms with Crippen LogP contribution in [0.1, 0.15) is 5.56 Å². The van der Waals surface area contributed by atoms with Gasteiger partial charge in [-0.2, -0.15) is 5.26 Å². The van der Waals surface area contributed by atoms with Gasteiger partial charge >= 0.3 is 0 Å². The summed E-state index contributed by atoms with van der Waals surface area (Å²) in [5.41, 5.74) is 9.58. The number of nitriles is 1. The molecule has 0 bridgehead atoms. The zero-order valence-electron chi connectivity index (χ0n) is 28.6. The molecule has 2 aromatic heterocycles. The van der Waals surface area contributed by atoms with Crippen molar-refractivity contribution in [2.45, 2.75) is 0 Å². The summed E-state index contributed by atoms with van der Waals surface area (Å²) in [7, 11) is 0. The number of fused-ring (bicyclic) bond motifs is 8. The minimum Gasteiger partial charge on any atom is -0.307 e. The van der Waals surface area contributed by atoms with Crippen LogP contribution in [0.4, 0.5) is 0 Å². The summed E-state index contributed by atoms with van der Waals surface area (Å²) in [6.07, 6.45) is 1.85. The van der Waals surface area contributed by atoms with Gasteiger partial charge < -0.3 is 4.57 Å². The van der Waals surface area contributed by atoms with Gasteiger partial charge in [-0.05, 0) is 114 Å². The van der Waals surface area contributed by atoms with E-state index in [1.54, 1.807) is 0 Å². The van der Waals surface area contributed by atoms with Crippen LogP contribution < -0.4 is 0 Å². The summed E-state index contributed by atoms with van der Waals surface area (Å²) in [6.45, 7) is 0. The number of para-hydroxylation sites is 1. The number of hydrogen-bond acceptors (Lipinski definition) is 2. The molecule has 2 heterocycles. The number of rotatable bonds is 3. The Labute approximate surface area is 305 Å². The summed E-state index contributed by atoms with van der Waals surface area (Å²) in [5.74, 6) is 0. The van der Waals surface area contributed by atoms with Gasteiger partial charge in [0.2, 0.25) is 0 Å². The maximum absolute atomic E-state index is 9.99. The monoisotopic (exact) mass is 671 g/mol. The number of nitrogens with zero attached hydrogens (tertiary/aromatic N) is 3. The molecule has 0 amide bonds. The average Bonchev–Trinajstić information content (AvgIpc) is 3.54. The first-order valence-electron chi connectivity index (χ1n) is 17.9. The summed E-state index contributed by atoms with van der Waals surface area (Å²) in [4.78, 5) is 4.82. The predicted molar refractivity (Wildman–Crippen MR) is 222 cm³/mol. The minimum absolute atomic E-state index is 0.639. The molecule has 11 aromatic rings. The van der Waals surface area contributed by atoms with Crippen molar-refractivity contribution < 1.29 is 0 Å². The third-order valence-corrected chi connectivity index (χ3v) is 11.0. The van der Waals surface area contributed by atoms with E-state index < -0.39 is 0 Å². The molecule has 3 heteroatoms. The van der Waals surface area contributed by atoms with Gasteiger partial charge in [0.1, 0.15) is 0 Å². The van der Waals surface area contributed by atoms with Crippen LogP contribution in [-0.2, 0) is 0 Å². The Hall–Kier alpha value is -7.28. The second-order valence-electron chi connectivity index (χ2n) is 13.8. The Bertz CT molecular complexity index is 3250. The van der Waals surface area contributed by atoms with Crippen LogP contribution in [0.15, 0.2) is 176 Å². The third kappa shape index (κ3) is 4.30. The molecule has 0 radical (unpaired) electrons. The Morgan fingerprint density at radius 2 is 0.943 bits per heavy atom. The zero-order chi connectivity index (χ0) is 35.0. The smallest absolute Gasteiger partial charge is 0.0991 e. The van der Waals surface area contributed by atoms with Gasteiger partial charge in [0.05, 0.1) is 33.9 Å². The maximum Gasteiger partial charge on any atom is 0.0991 e. The average molecular weight is 672 g/mol. The number of benzene rings is 9. The molecule has 0 aliphatic carbocycles. The SMILES string of the molecule is N#Cc1ccc2c(c1)c1cc(-c3c4ccccc4c(-c4c5ccccc5cc5ccccc45)c4ccccc34)ccc1n2-c1cccc2cccnc12. The topological polar surface area (TPSA) is 41.6 Å². The van der Waals surface area contributed by atoms with Gasteiger partial charge in [-0.25, -0.2) is 0 Å². The van der Waals surface area contributed by atoms with Gasteiger partial charge in [0.15, 0.2) is 0 Å². The fraction of sp³-hybridized carbons (Fsp3) is 0. The van der Waals surface area contributed by atoms with Crippen LogP contribution in [0.3, 0.4) is 0 Å². The normalized spacial score (nSPS) is 11.8. The van der Waals surface area contributed by atoms with E-state index in [-0.39, 0.29) is 0 Å². The van der Waals surface area contributed by atoms with Gasteiger partial charge in [0, 0.05) is 22.4 Å². The lowest BCUT2D eigenvalue weighted by atomic mass is 9.83. The van der Waals surface area contributed by atoms with Crippen molar-refractivity contribution in [1.82, 2.24) is 9.55 Å². The van der Waals surface area contributed by atoms with Gasteiger partial charge in [0.25, 0.3) is 0 Å². The Morgan fingerprint density at radius 3 is 1.60 bits per heavy atom. The molecule has 11 rings (SSSR count). The van der Waals surface area contributed by atoms with Crippen molar-refractivity contribution in [1.29, 1.82) is 5.26 Å². The molecular weight excluding hydrogens is 643 g/mol. The highest BCUT2D eigenvalue weighted by atomic mass is 15.0. The Kier molecular flexibility index (Phi) is 6.32. The molecule has 0 saturated carbocycles. The van der Waals surface area contributed by atoms with E-state index in [1.807, 2.05) is 24.4 Å². The molecule has 0 fully saturated rings. The van der Waals surface area contributed by atoms with E-state index in [0.717, 1.165) is 44.0 Å². The van der Waals surface area contributed by atoms with Gasteiger partial charge in [-0.3, -0.25) is 4.98 Å². The first kappa shape index (κ1) is 29.5. The third-order valence-electron chi connectivity index (χ3n) is 11.0. The molecule has 244 valence electrons. The molecule has 0 aliphatic heterocycles. The van der Waals surface area contributed by atoms with E-state index in [4.69, 9.17) is 4.98 Å². The van der Waals surface area contributed by atoms with E-state index in [0.29, 0.717) is 5.56 Å². The molecule has 0 aliphatic rings. The molecule has 0 saturated heterocycles. The molecule has 0 N–H and O–H groups in total. The largest absolute Gasteiger partial charge is 0.307 e. The first-order valence-corrected chi connectivity index (χ1v) is 17.9. The highest BCUT2D eigenvalue weighted by molar-refractivity contribution is 6.27. The van der Waals surface area contributed by atoms with Crippen LogP contribution in [0.2, 0.25) is 0 Å². The summed E-state index contributed by atoms with van der Waals surface area (Å²) in [5, 5.41) is 23.0. The molecule has 0 unspecified atom stereocenters. The van der Waals surface area contributed by atoms with Crippen LogP contribution >= 0.6 is 0 Å². The van der Waals surface area contributed by atoms with E-state index in [1.165, 1.54) is 59.8 Å². The van der Waals surface area contributed by atoms with Crippen LogP contribution in [0, 0.1) is 11.3 Å². The lowest BCUT2D eigenvalue weighted by molar-refractivity contribution is 1.18. The standard InChI is InChI=1S/C50H29N3/c51-30-31-22-24-44-42(27-31)43-29-35(23-25-45(43)53(44)46-21-9-13-32-14-10-26-52-50(32)46)47-38-17-5-7-19-40(38)49(41-20-8-6-18-39(41)47)48-36-15-3-1-11-33(36)28-34-12-2-4-16-37(34)48/h1-29H. The second kappa shape index (κ2) is 11.4. The van der Waals surface area contributed by atoms with Gasteiger partial charge in [-0.1, -0.05) is 121 Å². The second-order valence-corrected chi connectivity index (χ2v) is 13.8. The number of aromatic nitrogens is 2. The van der Waals surface area contributed by atoms with Gasteiger partial charge in [-0.15, -0.1) is 0 Å². The summed E-state index contributed by atoms with van der Waals surface area (Å²) < 4.78 is 2.30. The van der Waals surface area contributed by atoms with Crippen molar-refractivity contribution in [3.8, 4) is 34.0 Å².